The van der Waals surface area contributed by atoms with E-state index in [0.29, 0.717) is 44.0 Å². The number of aryl methyl sites for hydroxylation is 1. The molecule has 0 unspecified atom stereocenters. The standard InChI is InChI=1S/C18H25N3O4S2/c1-4-21(27(3,23)24)10-6-9-19-18(22)15-7-5-8-17(11-15)25-12-16-13-26-14(2)20-16/h5,7-8,11,13H,4,6,9-10,12H2,1-3H3,(H,19,22). The first kappa shape index (κ1) is 21.3. The van der Waals surface area contributed by atoms with E-state index in [1.165, 1.54) is 10.6 Å². The van der Waals surface area contributed by atoms with Gasteiger partial charge in [-0.3, -0.25) is 4.79 Å². The number of nitrogens with one attached hydrogen (secondary N) is 1. The van der Waals surface area contributed by atoms with Crippen molar-refractivity contribution < 1.29 is 17.9 Å². The second-order valence-corrected chi connectivity index (χ2v) is 9.08. The Balaban J connectivity index is 1.82. The van der Waals surface area contributed by atoms with E-state index in [1.54, 1.807) is 42.5 Å². The molecule has 1 amide bonds. The Morgan fingerprint density at radius 3 is 2.78 bits per heavy atom. The molecule has 0 radical (unpaired) electrons. The van der Waals surface area contributed by atoms with Crippen LogP contribution >= 0.6 is 11.3 Å². The first-order chi connectivity index (χ1) is 12.8. The van der Waals surface area contributed by atoms with Gasteiger partial charge < -0.3 is 10.1 Å². The molecule has 1 N–H and O–H groups in total. The third kappa shape index (κ3) is 6.93. The first-order valence-electron chi connectivity index (χ1n) is 8.66. The van der Waals surface area contributed by atoms with Crippen LogP contribution in [-0.4, -0.2) is 49.5 Å². The molecule has 2 aromatic rings. The maximum Gasteiger partial charge on any atom is 0.251 e. The molecule has 1 aromatic heterocycles. The zero-order valence-electron chi connectivity index (χ0n) is 15.8. The van der Waals surface area contributed by atoms with Crippen LogP contribution in [0.2, 0.25) is 0 Å². The number of nitrogens with zero attached hydrogens (tertiary/aromatic N) is 2. The van der Waals surface area contributed by atoms with Crippen molar-refractivity contribution in [3.05, 3.63) is 45.9 Å². The zero-order chi connectivity index (χ0) is 19.9. The summed E-state index contributed by atoms with van der Waals surface area (Å²) < 4.78 is 30.2. The number of sulfonamides is 1. The number of aromatic nitrogens is 1. The molecule has 1 heterocycles. The van der Waals surface area contributed by atoms with Crippen LogP contribution in [0.5, 0.6) is 5.75 Å². The van der Waals surface area contributed by atoms with Crippen LogP contribution in [-0.2, 0) is 16.6 Å². The highest BCUT2D eigenvalue weighted by atomic mass is 32.2. The molecule has 0 saturated heterocycles. The smallest absolute Gasteiger partial charge is 0.251 e. The summed E-state index contributed by atoms with van der Waals surface area (Å²) in [7, 11) is -3.20. The quantitative estimate of drug-likeness (QED) is 0.607. The average molecular weight is 412 g/mol. The molecule has 7 nitrogen and oxygen atoms in total. The van der Waals surface area contributed by atoms with Gasteiger partial charge in [-0.05, 0) is 31.5 Å². The number of amides is 1. The highest BCUT2D eigenvalue weighted by Crippen LogP contribution is 2.16. The van der Waals surface area contributed by atoms with Gasteiger partial charge in [0, 0.05) is 30.6 Å². The summed E-state index contributed by atoms with van der Waals surface area (Å²) in [5.74, 6) is 0.384. The van der Waals surface area contributed by atoms with Crippen LogP contribution in [0.1, 0.15) is 34.4 Å². The van der Waals surface area contributed by atoms with Gasteiger partial charge in [0.15, 0.2) is 0 Å². The molecule has 0 fully saturated rings. The minimum absolute atomic E-state index is 0.215. The van der Waals surface area contributed by atoms with Crippen LogP contribution < -0.4 is 10.1 Å². The predicted molar refractivity (Wildman–Crippen MR) is 107 cm³/mol. The molecule has 2 rings (SSSR count). The summed E-state index contributed by atoms with van der Waals surface area (Å²) in [6.45, 7) is 5.28. The van der Waals surface area contributed by atoms with Gasteiger partial charge in [0.1, 0.15) is 12.4 Å². The third-order valence-electron chi connectivity index (χ3n) is 3.84. The number of carbonyl (C=O) groups excluding carboxylic acids is 1. The van der Waals surface area contributed by atoms with Crippen LogP contribution in [0.25, 0.3) is 0 Å². The Hall–Kier alpha value is -1.97. The van der Waals surface area contributed by atoms with Crippen LogP contribution in [0.4, 0.5) is 0 Å². The second-order valence-electron chi connectivity index (χ2n) is 6.04. The fourth-order valence-corrected chi connectivity index (χ4v) is 4.00. The van der Waals surface area contributed by atoms with Gasteiger partial charge in [-0.25, -0.2) is 17.7 Å². The van der Waals surface area contributed by atoms with Crippen molar-refractivity contribution in [1.82, 2.24) is 14.6 Å². The number of hydrogen-bond acceptors (Lipinski definition) is 6. The summed E-state index contributed by atoms with van der Waals surface area (Å²) in [5, 5.41) is 5.74. The van der Waals surface area contributed by atoms with Crippen molar-refractivity contribution in [1.29, 1.82) is 0 Å². The molecule has 27 heavy (non-hydrogen) atoms. The van der Waals surface area contributed by atoms with Crippen molar-refractivity contribution in [3.8, 4) is 5.75 Å². The summed E-state index contributed by atoms with van der Waals surface area (Å²) in [5.41, 5.74) is 1.36. The van der Waals surface area contributed by atoms with Crippen molar-refractivity contribution in [2.45, 2.75) is 26.9 Å². The molecule has 0 spiro atoms. The lowest BCUT2D eigenvalue weighted by molar-refractivity contribution is 0.0952. The molecule has 9 heteroatoms. The molecule has 0 aliphatic rings. The Labute approximate surface area is 164 Å². The lowest BCUT2D eigenvalue weighted by Crippen LogP contribution is -2.33. The molecule has 0 saturated carbocycles. The van der Waals surface area contributed by atoms with Crippen LogP contribution in [0, 0.1) is 6.92 Å². The van der Waals surface area contributed by atoms with E-state index in [9.17, 15) is 13.2 Å². The van der Waals surface area contributed by atoms with Gasteiger partial charge in [0.2, 0.25) is 10.0 Å². The molecule has 0 atom stereocenters. The fourth-order valence-electron chi connectivity index (χ4n) is 2.48. The van der Waals surface area contributed by atoms with E-state index in [1.807, 2.05) is 12.3 Å². The van der Waals surface area contributed by atoms with E-state index in [-0.39, 0.29) is 5.91 Å². The van der Waals surface area contributed by atoms with Crippen molar-refractivity contribution in [2.75, 3.05) is 25.9 Å². The van der Waals surface area contributed by atoms with Gasteiger partial charge in [0.05, 0.1) is 17.0 Å². The van der Waals surface area contributed by atoms with E-state index in [4.69, 9.17) is 4.74 Å². The molecule has 0 bridgehead atoms. The summed E-state index contributed by atoms with van der Waals surface area (Å²) in [6.07, 6.45) is 1.74. The second kappa shape index (κ2) is 9.82. The highest BCUT2D eigenvalue weighted by Gasteiger charge is 2.13. The summed E-state index contributed by atoms with van der Waals surface area (Å²) in [6, 6.07) is 6.95. The lowest BCUT2D eigenvalue weighted by atomic mass is 10.2. The number of thiazole rings is 1. The molecule has 0 aliphatic carbocycles. The topological polar surface area (TPSA) is 88.6 Å². The van der Waals surface area contributed by atoms with Gasteiger partial charge in [-0.2, -0.15) is 0 Å². The lowest BCUT2D eigenvalue weighted by Gasteiger charge is -2.17. The third-order valence-corrected chi connectivity index (χ3v) is 6.04. The Kier molecular flexibility index (Phi) is 7.76. The van der Waals surface area contributed by atoms with Gasteiger partial charge in [-0.1, -0.05) is 13.0 Å². The minimum atomic E-state index is -3.20. The van der Waals surface area contributed by atoms with Gasteiger partial charge in [-0.15, -0.1) is 11.3 Å². The first-order valence-corrected chi connectivity index (χ1v) is 11.4. The Morgan fingerprint density at radius 1 is 1.37 bits per heavy atom. The molecular weight excluding hydrogens is 386 g/mol. The minimum Gasteiger partial charge on any atom is -0.487 e. The largest absolute Gasteiger partial charge is 0.487 e. The van der Waals surface area contributed by atoms with E-state index >= 15 is 0 Å². The van der Waals surface area contributed by atoms with Gasteiger partial charge >= 0.3 is 0 Å². The monoisotopic (exact) mass is 411 g/mol. The maximum atomic E-state index is 12.3. The number of ether oxygens (including phenoxy) is 1. The van der Waals surface area contributed by atoms with Crippen molar-refractivity contribution >= 4 is 27.3 Å². The number of benzene rings is 1. The predicted octanol–water partition coefficient (Wildman–Crippen LogP) is 2.43. The summed E-state index contributed by atoms with van der Waals surface area (Å²) >= 11 is 1.57. The van der Waals surface area contributed by atoms with Crippen molar-refractivity contribution in [2.24, 2.45) is 0 Å². The van der Waals surface area contributed by atoms with Gasteiger partial charge in [0.25, 0.3) is 5.91 Å². The van der Waals surface area contributed by atoms with E-state index in [0.717, 1.165) is 10.7 Å². The molecule has 0 aliphatic heterocycles. The van der Waals surface area contributed by atoms with E-state index < -0.39 is 10.0 Å². The van der Waals surface area contributed by atoms with Crippen LogP contribution in [0.3, 0.4) is 0 Å². The zero-order valence-corrected chi connectivity index (χ0v) is 17.4. The number of carbonyl (C=O) groups is 1. The Morgan fingerprint density at radius 2 is 2.15 bits per heavy atom. The normalized spacial score (nSPS) is 11.6. The van der Waals surface area contributed by atoms with E-state index in [2.05, 4.69) is 10.3 Å². The highest BCUT2D eigenvalue weighted by molar-refractivity contribution is 7.88. The average Bonchev–Trinajstić information content (AvgIpc) is 3.04. The fraction of sp³-hybridized carbons (Fsp3) is 0.444. The maximum absolute atomic E-state index is 12.3. The Bertz CT molecular complexity index is 865. The number of hydrogen-bond donors (Lipinski definition) is 1. The molecular formula is C18H25N3O4S2. The summed E-state index contributed by atoms with van der Waals surface area (Å²) in [4.78, 5) is 16.6. The molecule has 148 valence electrons. The molecule has 1 aromatic carbocycles. The number of rotatable bonds is 10. The van der Waals surface area contributed by atoms with Crippen molar-refractivity contribution in [3.63, 3.8) is 0 Å². The van der Waals surface area contributed by atoms with Crippen LogP contribution in [0.15, 0.2) is 29.6 Å². The SMILES string of the molecule is CCN(CCCNC(=O)c1cccc(OCc2csc(C)n2)c1)S(C)(=O)=O.